The number of benzene rings is 2. The summed E-state index contributed by atoms with van der Waals surface area (Å²) in [6.45, 7) is 0.660. The lowest BCUT2D eigenvalue weighted by molar-refractivity contribution is -0.146. The van der Waals surface area contributed by atoms with Crippen LogP contribution in [0.5, 0.6) is 0 Å². The van der Waals surface area contributed by atoms with Crippen LogP contribution in [0, 0.1) is 23.2 Å². The SMILES string of the molecule is CS(=O)(=O)Nc1ccccc1CNC(=O)c1ccc(CNC(=O)C23CC4CC(CC(C4)C2)C3)cc1. The van der Waals surface area contributed by atoms with Crippen molar-refractivity contribution in [2.24, 2.45) is 23.2 Å². The Morgan fingerprint density at radius 1 is 0.857 bits per heavy atom. The van der Waals surface area contributed by atoms with Crippen LogP contribution in [0.4, 0.5) is 5.69 Å². The highest BCUT2D eigenvalue weighted by molar-refractivity contribution is 7.92. The molecule has 2 amide bonds. The summed E-state index contributed by atoms with van der Waals surface area (Å²) in [5, 5.41) is 6.02. The second-order valence-corrected chi connectivity index (χ2v) is 12.5. The molecule has 4 fully saturated rings. The van der Waals surface area contributed by atoms with Gasteiger partial charge in [-0.05, 0) is 85.6 Å². The second kappa shape index (κ2) is 9.30. The minimum Gasteiger partial charge on any atom is -0.352 e. The number of hydrogen-bond donors (Lipinski definition) is 3. The molecule has 186 valence electrons. The zero-order chi connectivity index (χ0) is 24.6. The molecule has 4 aliphatic carbocycles. The lowest BCUT2D eigenvalue weighted by atomic mass is 9.49. The summed E-state index contributed by atoms with van der Waals surface area (Å²) in [4.78, 5) is 25.8. The molecule has 0 spiro atoms. The van der Waals surface area contributed by atoms with Crippen LogP contribution in [0.25, 0.3) is 0 Å². The topological polar surface area (TPSA) is 104 Å². The van der Waals surface area contributed by atoms with Gasteiger partial charge in [0.25, 0.3) is 5.91 Å². The predicted molar refractivity (Wildman–Crippen MR) is 135 cm³/mol. The van der Waals surface area contributed by atoms with Gasteiger partial charge in [0.2, 0.25) is 15.9 Å². The largest absolute Gasteiger partial charge is 0.352 e. The van der Waals surface area contributed by atoms with E-state index in [-0.39, 0.29) is 23.8 Å². The summed E-state index contributed by atoms with van der Waals surface area (Å²) in [7, 11) is -3.41. The molecule has 35 heavy (non-hydrogen) atoms. The Labute approximate surface area is 207 Å². The summed E-state index contributed by atoms with van der Waals surface area (Å²) >= 11 is 0. The summed E-state index contributed by atoms with van der Waals surface area (Å²) in [5.41, 5.74) is 2.43. The van der Waals surface area contributed by atoms with Gasteiger partial charge in [0, 0.05) is 24.1 Å². The van der Waals surface area contributed by atoms with E-state index in [1.165, 1.54) is 19.3 Å². The second-order valence-electron chi connectivity index (χ2n) is 10.8. The Morgan fingerprint density at radius 3 is 2.06 bits per heavy atom. The number of nitrogens with one attached hydrogen (secondary N) is 3. The highest BCUT2D eigenvalue weighted by Crippen LogP contribution is 2.60. The average Bonchev–Trinajstić information content (AvgIpc) is 2.80. The molecule has 2 aromatic rings. The van der Waals surface area contributed by atoms with Gasteiger partial charge in [0.05, 0.1) is 11.9 Å². The quantitative estimate of drug-likeness (QED) is 0.518. The number of hydrogen-bond acceptors (Lipinski definition) is 4. The van der Waals surface area contributed by atoms with Gasteiger partial charge in [-0.2, -0.15) is 0 Å². The van der Waals surface area contributed by atoms with Gasteiger partial charge >= 0.3 is 0 Å². The van der Waals surface area contributed by atoms with E-state index in [2.05, 4.69) is 15.4 Å². The molecule has 0 unspecified atom stereocenters. The summed E-state index contributed by atoms with van der Waals surface area (Å²) in [6.07, 6.45) is 8.18. The van der Waals surface area contributed by atoms with Crippen molar-refractivity contribution < 1.29 is 18.0 Å². The Hall–Kier alpha value is -2.87. The van der Waals surface area contributed by atoms with Gasteiger partial charge in [-0.3, -0.25) is 14.3 Å². The van der Waals surface area contributed by atoms with E-state index < -0.39 is 10.0 Å². The molecule has 4 aliphatic rings. The molecule has 0 atom stereocenters. The lowest BCUT2D eigenvalue weighted by Gasteiger charge is -2.55. The van der Waals surface area contributed by atoms with E-state index in [4.69, 9.17) is 0 Å². The molecule has 0 aromatic heterocycles. The minimum absolute atomic E-state index is 0.156. The first-order valence-electron chi connectivity index (χ1n) is 12.4. The van der Waals surface area contributed by atoms with Crippen LogP contribution in [0.1, 0.15) is 60.0 Å². The smallest absolute Gasteiger partial charge is 0.251 e. The summed E-state index contributed by atoms with van der Waals surface area (Å²) in [6, 6.07) is 14.2. The zero-order valence-corrected chi connectivity index (χ0v) is 20.9. The maximum atomic E-state index is 13.2. The number of amides is 2. The number of anilines is 1. The first-order valence-corrected chi connectivity index (χ1v) is 14.3. The van der Waals surface area contributed by atoms with Crippen LogP contribution in [0.2, 0.25) is 0 Å². The van der Waals surface area contributed by atoms with Gasteiger partial charge in [0.1, 0.15) is 0 Å². The molecular weight excluding hydrogens is 462 g/mol. The first kappa shape index (κ1) is 23.9. The number of carbonyl (C=O) groups excluding carboxylic acids is 2. The molecule has 0 heterocycles. The van der Waals surface area contributed by atoms with Gasteiger partial charge in [-0.1, -0.05) is 30.3 Å². The monoisotopic (exact) mass is 495 g/mol. The molecule has 3 N–H and O–H groups in total. The molecule has 8 heteroatoms. The molecule has 6 rings (SSSR count). The first-order chi connectivity index (χ1) is 16.7. The predicted octanol–water partition coefficient (Wildman–Crippen LogP) is 3.82. The van der Waals surface area contributed by atoms with Crippen LogP contribution in [-0.4, -0.2) is 26.5 Å². The molecule has 0 radical (unpaired) electrons. The van der Waals surface area contributed by atoms with E-state index in [1.807, 2.05) is 12.1 Å². The molecular formula is C27H33N3O4S. The molecule has 2 aromatic carbocycles. The van der Waals surface area contributed by atoms with Gasteiger partial charge in [-0.25, -0.2) is 8.42 Å². The van der Waals surface area contributed by atoms with Crippen LogP contribution in [0.3, 0.4) is 0 Å². The Morgan fingerprint density at radius 2 is 1.46 bits per heavy atom. The van der Waals surface area contributed by atoms with E-state index in [9.17, 15) is 18.0 Å². The third-order valence-corrected chi connectivity index (χ3v) is 8.53. The van der Waals surface area contributed by atoms with Crippen LogP contribution in [0.15, 0.2) is 48.5 Å². The average molecular weight is 496 g/mol. The maximum absolute atomic E-state index is 13.2. The maximum Gasteiger partial charge on any atom is 0.251 e. The fraction of sp³-hybridized carbons (Fsp3) is 0.481. The number of sulfonamides is 1. The van der Waals surface area contributed by atoms with Crippen molar-refractivity contribution >= 4 is 27.5 Å². The van der Waals surface area contributed by atoms with Crippen molar-refractivity contribution in [1.29, 1.82) is 0 Å². The van der Waals surface area contributed by atoms with Crippen molar-refractivity contribution in [3.05, 3.63) is 65.2 Å². The minimum atomic E-state index is -3.41. The standard InChI is InChI=1S/C27H33N3O4S/c1-35(33,34)30-24-5-3-2-4-23(24)17-28-25(31)22-8-6-18(7-9-22)16-29-26(32)27-13-19-10-20(14-27)12-21(11-19)15-27/h2-9,19-21,30H,10-17H2,1H3,(H,28,31)(H,29,32). The van der Waals surface area contributed by atoms with Crippen molar-refractivity contribution in [3.8, 4) is 0 Å². The highest BCUT2D eigenvalue weighted by Gasteiger charge is 2.54. The fourth-order valence-corrected chi connectivity index (χ4v) is 7.38. The van der Waals surface area contributed by atoms with Gasteiger partial charge < -0.3 is 10.6 Å². The number of para-hydroxylation sites is 1. The molecule has 4 bridgehead atoms. The Bertz CT molecular complexity index is 1190. The van der Waals surface area contributed by atoms with Crippen molar-refractivity contribution in [2.75, 3.05) is 11.0 Å². The molecule has 0 saturated heterocycles. The Kier molecular flexibility index (Phi) is 6.34. The Balaban J connectivity index is 1.15. The van der Waals surface area contributed by atoms with E-state index in [1.54, 1.807) is 36.4 Å². The lowest BCUT2D eigenvalue weighted by Crippen LogP contribution is -2.53. The van der Waals surface area contributed by atoms with Crippen LogP contribution >= 0.6 is 0 Å². The van der Waals surface area contributed by atoms with Gasteiger partial charge in [0.15, 0.2) is 0 Å². The molecule has 7 nitrogen and oxygen atoms in total. The molecule has 0 aliphatic heterocycles. The van der Waals surface area contributed by atoms with Crippen LogP contribution in [-0.2, 0) is 27.9 Å². The van der Waals surface area contributed by atoms with E-state index in [0.29, 0.717) is 23.4 Å². The third-order valence-electron chi connectivity index (χ3n) is 7.94. The third kappa shape index (κ3) is 5.37. The van der Waals surface area contributed by atoms with Crippen LogP contribution < -0.4 is 15.4 Å². The number of rotatable bonds is 8. The molecule has 4 saturated carbocycles. The normalized spacial score (nSPS) is 26.8. The van der Waals surface area contributed by atoms with Crippen molar-refractivity contribution in [2.45, 2.75) is 51.6 Å². The fourth-order valence-electron chi connectivity index (χ4n) is 6.78. The summed E-state index contributed by atoms with van der Waals surface area (Å²) < 4.78 is 25.6. The van der Waals surface area contributed by atoms with Gasteiger partial charge in [-0.15, -0.1) is 0 Å². The number of carbonyl (C=O) groups is 2. The zero-order valence-electron chi connectivity index (χ0n) is 20.0. The highest BCUT2D eigenvalue weighted by atomic mass is 32.2. The van der Waals surface area contributed by atoms with Crippen molar-refractivity contribution in [3.63, 3.8) is 0 Å². The van der Waals surface area contributed by atoms with E-state index in [0.717, 1.165) is 48.8 Å². The summed E-state index contributed by atoms with van der Waals surface area (Å²) in [5.74, 6) is 2.17. The van der Waals surface area contributed by atoms with E-state index >= 15 is 0 Å². The van der Waals surface area contributed by atoms with Crippen molar-refractivity contribution in [1.82, 2.24) is 10.6 Å².